The van der Waals surface area contributed by atoms with Crippen LogP contribution in [0.15, 0.2) is 24.3 Å². The number of ether oxygens (including phenoxy) is 1. The summed E-state index contributed by atoms with van der Waals surface area (Å²) < 4.78 is 7.24. The number of halogens is 1. The maximum absolute atomic E-state index is 6.14. The highest BCUT2D eigenvalue weighted by molar-refractivity contribution is 14.1. The zero-order chi connectivity index (χ0) is 12.1. The monoisotopic (exact) mass is 345 g/mol. The summed E-state index contributed by atoms with van der Waals surface area (Å²) >= 11 is 2.32. The molecule has 3 heteroatoms. The highest BCUT2D eigenvalue weighted by Crippen LogP contribution is 2.20. The summed E-state index contributed by atoms with van der Waals surface area (Å²) in [4.78, 5) is 0. The Bertz CT molecular complexity index is 339. The molecule has 0 spiro atoms. The Labute approximate surface area is 117 Å². The predicted octanol–water partition coefficient (Wildman–Crippen LogP) is 3.47. The van der Waals surface area contributed by atoms with Crippen molar-refractivity contribution in [1.82, 2.24) is 0 Å². The van der Waals surface area contributed by atoms with Crippen molar-refractivity contribution in [3.05, 3.63) is 33.4 Å². The highest BCUT2D eigenvalue weighted by Gasteiger charge is 2.20. The standard InChI is InChI=1S/C14H20INO/c15-12-8-6-11(7-9-12)10-17-14-5-3-1-2-4-13(14)16/h6-9,13-14H,1-5,10,16H2. The minimum Gasteiger partial charge on any atom is -0.372 e. The average Bonchev–Trinajstić information content (AvgIpc) is 2.54. The molecule has 1 fully saturated rings. The molecule has 1 aliphatic carbocycles. The van der Waals surface area contributed by atoms with Gasteiger partial charge in [-0.1, -0.05) is 31.4 Å². The molecule has 0 saturated heterocycles. The van der Waals surface area contributed by atoms with Crippen molar-refractivity contribution < 1.29 is 4.74 Å². The molecule has 2 unspecified atom stereocenters. The lowest BCUT2D eigenvalue weighted by Gasteiger charge is -2.21. The average molecular weight is 345 g/mol. The van der Waals surface area contributed by atoms with E-state index in [1.54, 1.807) is 0 Å². The summed E-state index contributed by atoms with van der Waals surface area (Å²) in [5.74, 6) is 0. The Kier molecular flexibility index (Phi) is 5.25. The lowest BCUT2D eigenvalue weighted by molar-refractivity contribution is 0.0194. The van der Waals surface area contributed by atoms with Crippen molar-refractivity contribution in [1.29, 1.82) is 0 Å². The summed E-state index contributed by atoms with van der Waals surface area (Å²) in [5, 5.41) is 0. The number of hydrogen-bond donors (Lipinski definition) is 1. The van der Waals surface area contributed by atoms with E-state index in [9.17, 15) is 0 Å². The SMILES string of the molecule is NC1CCCCCC1OCc1ccc(I)cc1. The molecular weight excluding hydrogens is 325 g/mol. The van der Waals surface area contributed by atoms with E-state index in [4.69, 9.17) is 10.5 Å². The van der Waals surface area contributed by atoms with Gasteiger partial charge in [-0.3, -0.25) is 0 Å². The van der Waals surface area contributed by atoms with Crippen LogP contribution in [0.3, 0.4) is 0 Å². The van der Waals surface area contributed by atoms with Crippen LogP contribution in [0.5, 0.6) is 0 Å². The van der Waals surface area contributed by atoms with Crippen LogP contribution in [-0.4, -0.2) is 12.1 Å². The second-order valence-corrected chi connectivity index (χ2v) is 6.02. The van der Waals surface area contributed by atoms with Crippen molar-refractivity contribution >= 4 is 22.6 Å². The molecule has 2 nitrogen and oxygen atoms in total. The highest BCUT2D eigenvalue weighted by atomic mass is 127. The second kappa shape index (κ2) is 6.71. The molecule has 2 atom stereocenters. The molecule has 0 aliphatic heterocycles. The maximum Gasteiger partial charge on any atom is 0.0730 e. The van der Waals surface area contributed by atoms with E-state index in [1.807, 2.05) is 0 Å². The summed E-state index contributed by atoms with van der Waals surface area (Å²) in [7, 11) is 0. The summed E-state index contributed by atoms with van der Waals surface area (Å²) in [5.41, 5.74) is 7.38. The van der Waals surface area contributed by atoms with E-state index in [0.717, 1.165) is 12.8 Å². The smallest absolute Gasteiger partial charge is 0.0730 e. The molecule has 1 saturated carbocycles. The van der Waals surface area contributed by atoms with Gasteiger partial charge in [0.1, 0.15) is 0 Å². The molecule has 2 rings (SSSR count). The third kappa shape index (κ3) is 4.23. The fourth-order valence-electron chi connectivity index (χ4n) is 2.29. The van der Waals surface area contributed by atoms with Gasteiger partial charge >= 0.3 is 0 Å². The molecule has 1 aliphatic rings. The molecular formula is C14H20INO. The molecule has 0 aromatic heterocycles. The molecule has 17 heavy (non-hydrogen) atoms. The van der Waals surface area contributed by atoms with E-state index in [1.165, 1.54) is 28.4 Å². The Hall–Kier alpha value is -0.130. The minimum absolute atomic E-state index is 0.223. The first-order valence-electron chi connectivity index (χ1n) is 6.37. The number of rotatable bonds is 3. The van der Waals surface area contributed by atoms with Crippen molar-refractivity contribution in [2.45, 2.75) is 50.9 Å². The fraction of sp³-hybridized carbons (Fsp3) is 0.571. The van der Waals surface area contributed by atoms with Gasteiger partial charge in [0, 0.05) is 9.61 Å². The topological polar surface area (TPSA) is 35.2 Å². The zero-order valence-electron chi connectivity index (χ0n) is 10.1. The first-order chi connectivity index (χ1) is 8.25. The minimum atomic E-state index is 0.223. The van der Waals surface area contributed by atoms with Gasteiger partial charge in [-0.2, -0.15) is 0 Å². The van der Waals surface area contributed by atoms with Gasteiger partial charge in [0.15, 0.2) is 0 Å². The number of hydrogen-bond acceptors (Lipinski definition) is 2. The van der Waals surface area contributed by atoms with Crippen molar-refractivity contribution in [3.8, 4) is 0 Å². The van der Waals surface area contributed by atoms with Gasteiger partial charge < -0.3 is 10.5 Å². The van der Waals surface area contributed by atoms with Crippen LogP contribution in [0.2, 0.25) is 0 Å². The predicted molar refractivity (Wildman–Crippen MR) is 78.8 cm³/mol. The maximum atomic E-state index is 6.14. The third-order valence-corrected chi connectivity index (χ3v) is 4.10. The Morgan fingerprint density at radius 1 is 1.12 bits per heavy atom. The fourth-order valence-corrected chi connectivity index (χ4v) is 2.65. The largest absolute Gasteiger partial charge is 0.372 e. The lowest BCUT2D eigenvalue weighted by atomic mass is 10.1. The van der Waals surface area contributed by atoms with E-state index in [0.29, 0.717) is 6.61 Å². The first-order valence-corrected chi connectivity index (χ1v) is 7.45. The summed E-state index contributed by atoms with van der Waals surface area (Å²) in [6.45, 7) is 0.690. The molecule has 1 aromatic carbocycles. The molecule has 0 bridgehead atoms. The Morgan fingerprint density at radius 3 is 2.59 bits per heavy atom. The van der Waals surface area contributed by atoms with Crippen LogP contribution >= 0.6 is 22.6 Å². The van der Waals surface area contributed by atoms with Crippen molar-refractivity contribution in [2.75, 3.05) is 0 Å². The van der Waals surface area contributed by atoms with Crippen LogP contribution < -0.4 is 5.73 Å². The molecule has 1 aromatic rings. The Balaban J connectivity index is 1.85. The molecule has 0 radical (unpaired) electrons. The number of benzene rings is 1. The summed E-state index contributed by atoms with van der Waals surface area (Å²) in [6.07, 6.45) is 6.28. The molecule has 0 heterocycles. The van der Waals surface area contributed by atoms with Gasteiger partial charge in [-0.05, 0) is 53.1 Å². The normalized spacial score (nSPS) is 25.5. The van der Waals surface area contributed by atoms with Gasteiger partial charge in [-0.15, -0.1) is 0 Å². The van der Waals surface area contributed by atoms with E-state index >= 15 is 0 Å². The third-order valence-electron chi connectivity index (χ3n) is 3.38. The van der Waals surface area contributed by atoms with Crippen LogP contribution in [-0.2, 0) is 11.3 Å². The first kappa shape index (κ1) is 13.3. The van der Waals surface area contributed by atoms with Gasteiger partial charge in [-0.25, -0.2) is 0 Å². The van der Waals surface area contributed by atoms with E-state index in [2.05, 4.69) is 46.9 Å². The van der Waals surface area contributed by atoms with Crippen molar-refractivity contribution in [2.24, 2.45) is 5.73 Å². The van der Waals surface area contributed by atoms with Crippen LogP contribution in [0.25, 0.3) is 0 Å². The Morgan fingerprint density at radius 2 is 1.82 bits per heavy atom. The lowest BCUT2D eigenvalue weighted by Crippen LogP contribution is -2.35. The van der Waals surface area contributed by atoms with Gasteiger partial charge in [0.05, 0.1) is 12.7 Å². The van der Waals surface area contributed by atoms with Gasteiger partial charge in [0.2, 0.25) is 0 Å². The van der Waals surface area contributed by atoms with Crippen LogP contribution in [0.1, 0.15) is 37.7 Å². The summed E-state index contributed by atoms with van der Waals surface area (Å²) in [6, 6.07) is 8.72. The molecule has 0 amide bonds. The quantitative estimate of drug-likeness (QED) is 0.673. The van der Waals surface area contributed by atoms with E-state index < -0.39 is 0 Å². The van der Waals surface area contributed by atoms with Gasteiger partial charge in [0.25, 0.3) is 0 Å². The second-order valence-electron chi connectivity index (χ2n) is 4.78. The molecule has 2 N–H and O–H groups in total. The van der Waals surface area contributed by atoms with Crippen LogP contribution in [0, 0.1) is 3.57 Å². The molecule has 94 valence electrons. The van der Waals surface area contributed by atoms with E-state index in [-0.39, 0.29) is 12.1 Å². The van der Waals surface area contributed by atoms with Crippen molar-refractivity contribution in [3.63, 3.8) is 0 Å². The zero-order valence-corrected chi connectivity index (χ0v) is 12.2. The van der Waals surface area contributed by atoms with Crippen LogP contribution in [0.4, 0.5) is 0 Å². The number of nitrogens with two attached hydrogens (primary N) is 1.